The lowest BCUT2D eigenvalue weighted by Gasteiger charge is -2.25. The minimum Gasteiger partial charge on any atom is -0.481 e. The first-order valence-corrected chi connectivity index (χ1v) is 9.69. The Balaban J connectivity index is 4.33. The predicted molar refractivity (Wildman–Crippen MR) is 94.5 cm³/mol. The van der Waals surface area contributed by atoms with Gasteiger partial charge in [0.1, 0.15) is 5.78 Å². The van der Waals surface area contributed by atoms with Crippen molar-refractivity contribution >= 4 is 36.1 Å². The summed E-state index contributed by atoms with van der Waals surface area (Å²) in [5.41, 5.74) is 0.155. The lowest BCUT2D eigenvalue weighted by atomic mass is 9.83. The van der Waals surface area contributed by atoms with Gasteiger partial charge in [-0.25, -0.2) is 0 Å². The monoisotopic (exact) mass is 334 g/mol. The summed E-state index contributed by atoms with van der Waals surface area (Å²) >= 11 is 6.06. The van der Waals surface area contributed by atoms with Crippen LogP contribution in [-0.4, -0.2) is 34.6 Å². The smallest absolute Gasteiger partial charge is 0.303 e. The Kier molecular flexibility index (Phi) is 11.3. The van der Waals surface area contributed by atoms with E-state index in [-0.39, 0.29) is 17.8 Å². The number of thioether (sulfide) groups is 1. The van der Waals surface area contributed by atoms with E-state index in [9.17, 15) is 9.59 Å². The summed E-state index contributed by atoms with van der Waals surface area (Å²) < 4.78 is 0. The highest BCUT2D eigenvalue weighted by atomic mass is 32.2. The summed E-state index contributed by atoms with van der Waals surface area (Å²) in [5.74, 6) is 1.37. The summed E-state index contributed by atoms with van der Waals surface area (Å²) in [4.78, 5) is 22.8. The van der Waals surface area contributed by atoms with E-state index in [4.69, 9.17) is 5.11 Å². The van der Waals surface area contributed by atoms with Gasteiger partial charge in [-0.1, -0.05) is 20.3 Å². The molecule has 0 spiro atoms. The van der Waals surface area contributed by atoms with Crippen LogP contribution < -0.4 is 0 Å². The van der Waals surface area contributed by atoms with Crippen molar-refractivity contribution in [2.75, 3.05) is 17.8 Å². The molecule has 21 heavy (non-hydrogen) atoms. The van der Waals surface area contributed by atoms with Crippen LogP contribution in [0.4, 0.5) is 0 Å². The number of thiol groups is 1. The Morgan fingerprint density at radius 1 is 1.19 bits per heavy atom. The number of carbonyl (C=O) groups is 2. The van der Waals surface area contributed by atoms with Gasteiger partial charge in [-0.2, -0.15) is 24.4 Å². The number of unbranched alkanes of at least 4 members (excludes halogenated alkanes) is 1. The average Bonchev–Trinajstić information content (AvgIpc) is 2.43. The zero-order valence-corrected chi connectivity index (χ0v) is 15.3. The van der Waals surface area contributed by atoms with E-state index in [1.54, 1.807) is 11.8 Å². The van der Waals surface area contributed by atoms with E-state index < -0.39 is 5.97 Å². The average molecular weight is 335 g/mol. The standard InChI is InChI=1S/C16H30O3S2/c1-16(2,12-20)10-8-13(14(17)9-11-21-3)6-4-5-7-15(18)19/h13,20H,4-12H2,1-3H3,(H,18,19). The lowest BCUT2D eigenvalue weighted by Crippen LogP contribution is -2.20. The Morgan fingerprint density at radius 3 is 2.38 bits per heavy atom. The molecule has 0 aliphatic heterocycles. The molecule has 5 heteroatoms. The Morgan fingerprint density at radius 2 is 1.86 bits per heavy atom. The molecule has 0 saturated carbocycles. The normalized spacial score (nSPS) is 13.1. The number of hydrogen-bond donors (Lipinski definition) is 2. The van der Waals surface area contributed by atoms with Crippen LogP contribution in [0.25, 0.3) is 0 Å². The number of ketones is 1. The van der Waals surface area contributed by atoms with Gasteiger partial charge in [-0.3, -0.25) is 9.59 Å². The molecule has 124 valence electrons. The van der Waals surface area contributed by atoms with Crippen LogP contribution >= 0.6 is 24.4 Å². The van der Waals surface area contributed by atoms with Crippen molar-refractivity contribution in [3.63, 3.8) is 0 Å². The predicted octanol–water partition coefficient (Wildman–Crippen LogP) is 4.31. The van der Waals surface area contributed by atoms with Gasteiger partial charge < -0.3 is 5.11 Å². The maximum Gasteiger partial charge on any atom is 0.303 e. The van der Waals surface area contributed by atoms with Gasteiger partial charge in [-0.15, -0.1) is 0 Å². The highest BCUT2D eigenvalue weighted by Crippen LogP contribution is 2.29. The van der Waals surface area contributed by atoms with Crippen molar-refractivity contribution in [2.45, 2.75) is 58.8 Å². The van der Waals surface area contributed by atoms with E-state index in [0.717, 1.165) is 37.2 Å². The summed E-state index contributed by atoms with van der Waals surface area (Å²) in [6, 6.07) is 0. The minimum absolute atomic E-state index is 0.0881. The molecule has 0 aliphatic rings. The second-order valence-electron chi connectivity index (χ2n) is 6.41. The first-order valence-electron chi connectivity index (χ1n) is 7.66. The van der Waals surface area contributed by atoms with Gasteiger partial charge in [0.05, 0.1) is 0 Å². The quantitative estimate of drug-likeness (QED) is 0.389. The van der Waals surface area contributed by atoms with E-state index in [1.807, 2.05) is 6.26 Å². The van der Waals surface area contributed by atoms with Crippen LogP contribution in [0, 0.1) is 11.3 Å². The number of carboxylic acids is 1. The number of hydrogen-bond acceptors (Lipinski definition) is 4. The maximum atomic E-state index is 12.3. The topological polar surface area (TPSA) is 54.4 Å². The van der Waals surface area contributed by atoms with Crippen molar-refractivity contribution in [1.82, 2.24) is 0 Å². The van der Waals surface area contributed by atoms with E-state index in [2.05, 4.69) is 26.5 Å². The van der Waals surface area contributed by atoms with Gasteiger partial charge >= 0.3 is 5.97 Å². The van der Waals surface area contributed by atoms with Gasteiger partial charge in [0, 0.05) is 18.8 Å². The molecule has 0 radical (unpaired) electrons. The zero-order valence-electron chi connectivity index (χ0n) is 13.6. The molecule has 0 rings (SSSR count). The van der Waals surface area contributed by atoms with Gasteiger partial charge in [0.2, 0.25) is 0 Å². The maximum absolute atomic E-state index is 12.3. The Labute approximate surface area is 139 Å². The molecule has 0 aromatic carbocycles. The van der Waals surface area contributed by atoms with Crippen molar-refractivity contribution < 1.29 is 14.7 Å². The molecule has 0 amide bonds. The number of carboxylic acid groups (broad SMARTS) is 1. The molecule has 1 unspecified atom stereocenters. The van der Waals surface area contributed by atoms with Crippen LogP contribution in [0.5, 0.6) is 0 Å². The van der Waals surface area contributed by atoms with Crippen molar-refractivity contribution in [3.05, 3.63) is 0 Å². The fourth-order valence-corrected chi connectivity index (χ4v) is 2.75. The molecule has 0 aromatic rings. The molecular formula is C16H30O3S2. The fourth-order valence-electron chi connectivity index (χ4n) is 2.18. The Hall–Kier alpha value is -0.160. The van der Waals surface area contributed by atoms with Gasteiger partial charge in [0.15, 0.2) is 0 Å². The van der Waals surface area contributed by atoms with Crippen LogP contribution in [-0.2, 0) is 9.59 Å². The van der Waals surface area contributed by atoms with Crippen LogP contribution in [0.15, 0.2) is 0 Å². The third-order valence-corrected chi connectivity index (χ3v) is 5.27. The summed E-state index contributed by atoms with van der Waals surface area (Å²) in [6.07, 6.45) is 7.04. The Bertz CT molecular complexity index is 317. The third kappa shape index (κ3) is 11.1. The van der Waals surface area contributed by atoms with Crippen LogP contribution in [0.3, 0.4) is 0 Å². The molecule has 0 bridgehead atoms. The van der Waals surface area contributed by atoms with Gasteiger partial charge in [-0.05, 0) is 48.9 Å². The van der Waals surface area contributed by atoms with Crippen molar-refractivity contribution in [2.24, 2.45) is 11.3 Å². The van der Waals surface area contributed by atoms with E-state index in [0.29, 0.717) is 18.6 Å². The molecule has 0 heterocycles. The number of Topliss-reactive ketones (excluding diaryl/α,β-unsaturated/α-hetero) is 1. The molecule has 1 atom stereocenters. The molecule has 1 N–H and O–H groups in total. The third-order valence-electron chi connectivity index (χ3n) is 3.80. The number of aliphatic carboxylic acids is 1. The number of rotatable bonds is 13. The summed E-state index contributed by atoms with van der Waals surface area (Å²) in [5, 5.41) is 8.67. The summed E-state index contributed by atoms with van der Waals surface area (Å²) in [7, 11) is 0. The van der Waals surface area contributed by atoms with Gasteiger partial charge in [0.25, 0.3) is 0 Å². The molecule has 0 aliphatic carbocycles. The second kappa shape index (κ2) is 11.4. The van der Waals surface area contributed by atoms with Crippen LogP contribution in [0.1, 0.15) is 58.8 Å². The molecule has 0 aromatic heterocycles. The first-order chi connectivity index (χ1) is 9.82. The minimum atomic E-state index is -0.753. The first kappa shape index (κ1) is 20.8. The van der Waals surface area contributed by atoms with Crippen molar-refractivity contribution in [3.8, 4) is 0 Å². The molecule has 3 nitrogen and oxygen atoms in total. The fraction of sp³-hybridized carbons (Fsp3) is 0.875. The van der Waals surface area contributed by atoms with Crippen molar-refractivity contribution in [1.29, 1.82) is 0 Å². The largest absolute Gasteiger partial charge is 0.481 e. The highest BCUT2D eigenvalue weighted by Gasteiger charge is 2.22. The molecule has 0 fully saturated rings. The van der Waals surface area contributed by atoms with Crippen LogP contribution in [0.2, 0.25) is 0 Å². The highest BCUT2D eigenvalue weighted by molar-refractivity contribution is 7.98. The molecular weight excluding hydrogens is 304 g/mol. The molecule has 0 saturated heterocycles. The second-order valence-corrected chi connectivity index (χ2v) is 7.71. The zero-order chi connectivity index (χ0) is 16.3. The SMILES string of the molecule is CSCCC(=O)C(CCCCC(=O)O)CCC(C)(C)CS. The lowest BCUT2D eigenvalue weighted by molar-refractivity contribution is -0.137. The number of carbonyl (C=O) groups excluding carboxylic acids is 1. The summed E-state index contributed by atoms with van der Waals surface area (Å²) in [6.45, 7) is 4.35. The van der Waals surface area contributed by atoms with E-state index >= 15 is 0 Å². The van der Waals surface area contributed by atoms with E-state index in [1.165, 1.54) is 0 Å².